The summed E-state index contributed by atoms with van der Waals surface area (Å²) in [6, 6.07) is 14.4. The minimum Gasteiger partial charge on any atom is -0.405 e. The number of aromatic nitrogens is 1. The number of fused-ring (bicyclic) bond motifs is 1. The Morgan fingerprint density at radius 1 is 1.00 bits per heavy atom. The number of nitrogens with zero attached hydrogens (tertiary/aromatic N) is 1. The van der Waals surface area contributed by atoms with E-state index in [-0.39, 0.29) is 6.85 Å². The molecule has 0 amide bonds. The van der Waals surface area contributed by atoms with E-state index >= 15 is 0 Å². The van der Waals surface area contributed by atoms with Gasteiger partial charge < -0.3 is 5.23 Å². The van der Waals surface area contributed by atoms with Crippen molar-refractivity contribution in [2.24, 2.45) is 0 Å². The van der Waals surface area contributed by atoms with Crippen LogP contribution >= 0.6 is 0 Å². The summed E-state index contributed by atoms with van der Waals surface area (Å²) >= 11 is 0. The molecule has 1 aliphatic heterocycles. The van der Waals surface area contributed by atoms with Crippen LogP contribution in [0.3, 0.4) is 0 Å². The third-order valence-corrected chi connectivity index (χ3v) is 2.76. The Labute approximate surface area is 95.1 Å². The highest BCUT2D eigenvalue weighted by molar-refractivity contribution is 6.81. The fourth-order valence-corrected chi connectivity index (χ4v) is 1.92. The number of pyridine rings is 1. The van der Waals surface area contributed by atoms with Gasteiger partial charge in [0.1, 0.15) is 5.82 Å². The number of hydrogen-bond donors (Lipinski definition) is 1. The van der Waals surface area contributed by atoms with Gasteiger partial charge in [-0.1, -0.05) is 47.8 Å². The monoisotopic (exact) mass is 206 g/mol. The lowest BCUT2D eigenvalue weighted by Gasteiger charge is -2.18. The van der Waals surface area contributed by atoms with E-state index in [1.165, 1.54) is 5.46 Å². The largest absolute Gasteiger partial charge is 0.405 e. The molecule has 2 aromatic rings. The minimum absolute atomic E-state index is 0.226. The van der Waals surface area contributed by atoms with Crippen LogP contribution in [-0.4, -0.2) is 11.8 Å². The first-order valence-electron chi connectivity index (χ1n) is 5.38. The van der Waals surface area contributed by atoms with Crippen LogP contribution in [0.4, 0.5) is 5.82 Å². The Morgan fingerprint density at radius 3 is 2.75 bits per heavy atom. The summed E-state index contributed by atoms with van der Waals surface area (Å²) < 4.78 is 0. The molecule has 0 unspecified atom stereocenters. The topological polar surface area (TPSA) is 24.9 Å². The number of benzene rings is 1. The van der Waals surface area contributed by atoms with Crippen LogP contribution in [0.1, 0.15) is 5.56 Å². The van der Waals surface area contributed by atoms with Crippen LogP contribution < -0.4 is 10.7 Å². The molecule has 3 rings (SSSR count). The molecule has 2 nitrogen and oxygen atoms in total. The Morgan fingerprint density at radius 2 is 1.88 bits per heavy atom. The second-order valence-corrected chi connectivity index (χ2v) is 3.83. The van der Waals surface area contributed by atoms with E-state index in [4.69, 9.17) is 0 Å². The van der Waals surface area contributed by atoms with Gasteiger partial charge in [-0.2, -0.15) is 0 Å². The first-order chi connectivity index (χ1) is 7.93. The van der Waals surface area contributed by atoms with E-state index in [0.717, 1.165) is 11.4 Å². The van der Waals surface area contributed by atoms with Crippen LogP contribution in [0, 0.1) is 0 Å². The highest BCUT2D eigenvalue weighted by Gasteiger charge is 2.18. The van der Waals surface area contributed by atoms with Crippen molar-refractivity contribution in [3.8, 4) is 0 Å². The maximum Gasteiger partial charge on any atom is 0.314 e. The first kappa shape index (κ1) is 9.22. The lowest BCUT2D eigenvalue weighted by molar-refractivity contribution is 1.31. The normalized spacial score (nSPS) is 13.1. The van der Waals surface area contributed by atoms with Crippen molar-refractivity contribution in [2.75, 3.05) is 5.23 Å². The highest BCUT2D eigenvalue weighted by Crippen LogP contribution is 2.18. The van der Waals surface area contributed by atoms with Gasteiger partial charge in [0.25, 0.3) is 0 Å². The average Bonchev–Trinajstić information content (AvgIpc) is 2.39. The summed E-state index contributed by atoms with van der Waals surface area (Å²) in [5, 5.41) is 3.42. The molecule has 3 heteroatoms. The molecule has 1 aromatic carbocycles. The molecule has 0 spiro atoms. The van der Waals surface area contributed by atoms with Crippen LogP contribution in [0.5, 0.6) is 0 Å². The van der Waals surface area contributed by atoms with Gasteiger partial charge in [-0.15, -0.1) is 0 Å². The fourth-order valence-electron chi connectivity index (χ4n) is 1.92. The van der Waals surface area contributed by atoms with Gasteiger partial charge in [-0.25, -0.2) is 4.98 Å². The van der Waals surface area contributed by atoms with Gasteiger partial charge in [0.15, 0.2) is 0 Å². The van der Waals surface area contributed by atoms with Gasteiger partial charge in [-0.3, -0.25) is 0 Å². The maximum atomic E-state index is 4.33. The van der Waals surface area contributed by atoms with Crippen molar-refractivity contribution < 1.29 is 0 Å². The molecule has 0 bridgehead atoms. The second-order valence-electron chi connectivity index (χ2n) is 3.83. The minimum atomic E-state index is 0.226. The van der Waals surface area contributed by atoms with Gasteiger partial charge in [-0.05, 0) is 12.1 Å². The molecule has 1 aromatic heterocycles. The first-order valence-corrected chi connectivity index (χ1v) is 5.38. The summed E-state index contributed by atoms with van der Waals surface area (Å²) in [5.41, 5.74) is 2.41. The summed E-state index contributed by atoms with van der Waals surface area (Å²) in [4.78, 5) is 4.33. The summed E-state index contributed by atoms with van der Waals surface area (Å²) in [6.07, 6.45) is 3.93. The molecule has 0 saturated carbocycles. The third kappa shape index (κ3) is 1.61. The molecular formula is C13H11BN2. The molecule has 0 atom stereocenters. The predicted molar refractivity (Wildman–Crippen MR) is 68.7 cm³/mol. The van der Waals surface area contributed by atoms with Gasteiger partial charge in [0.05, 0.1) is 0 Å². The van der Waals surface area contributed by atoms with E-state index in [2.05, 4.69) is 52.6 Å². The van der Waals surface area contributed by atoms with Gasteiger partial charge in [0, 0.05) is 11.8 Å². The van der Waals surface area contributed by atoms with Gasteiger partial charge >= 0.3 is 6.85 Å². The van der Waals surface area contributed by atoms with Crippen LogP contribution in [0.2, 0.25) is 0 Å². The SMILES string of the molecule is C1=Cc2cccnc2NB1c1ccccc1. The number of anilines is 1. The Hall–Kier alpha value is -2.03. The van der Waals surface area contributed by atoms with Crippen molar-refractivity contribution >= 4 is 24.2 Å². The molecule has 1 aliphatic rings. The molecule has 0 saturated heterocycles. The van der Waals surface area contributed by atoms with Crippen LogP contribution in [0.15, 0.2) is 54.6 Å². The zero-order valence-electron chi connectivity index (χ0n) is 8.80. The van der Waals surface area contributed by atoms with Crippen molar-refractivity contribution in [1.82, 2.24) is 4.98 Å². The lowest BCUT2D eigenvalue weighted by Crippen LogP contribution is -2.38. The Bertz CT molecular complexity index is 522. The highest BCUT2D eigenvalue weighted by atomic mass is 14.9. The standard InChI is InChI=1S/C13H11BN2/c1-2-6-12(7-3-1)14-9-8-11-5-4-10-15-13(11)16-14/h1-10H,(H,15,16). The van der Waals surface area contributed by atoms with Crippen LogP contribution in [-0.2, 0) is 0 Å². The molecule has 0 radical (unpaired) electrons. The van der Waals surface area contributed by atoms with Crippen molar-refractivity contribution in [3.05, 3.63) is 60.2 Å². The summed E-state index contributed by atoms with van der Waals surface area (Å²) in [5.74, 6) is 3.12. The maximum absolute atomic E-state index is 4.33. The third-order valence-electron chi connectivity index (χ3n) is 2.76. The number of nitrogens with one attached hydrogen (secondary N) is 1. The summed E-state index contributed by atoms with van der Waals surface area (Å²) in [6.45, 7) is 0.226. The smallest absolute Gasteiger partial charge is 0.314 e. The number of hydrogen-bond acceptors (Lipinski definition) is 2. The molecule has 2 heterocycles. The predicted octanol–water partition coefficient (Wildman–Crippen LogP) is 1.96. The van der Waals surface area contributed by atoms with Crippen molar-refractivity contribution in [3.63, 3.8) is 0 Å². The second kappa shape index (κ2) is 3.85. The molecule has 76 valence electrons. The average molecular weight is 206 g/mol. The van der Waals surface area contributed by atoms with Crippen LogP contribution in [0.25, 0.3) is 6.08 Å². The quantitative estimate of drug-likeness (QED) is 0.721. The Kier molecular flexibility index (Phi) is 2.22. The molecule has 1 N–H and O–H groups in total. The molecular weight excluding hydrogens is 195 g/mol. The fraction of sp³-hybridized carbons (Fsp3) is 0. The molecule has 0 fully saturated rings. The van der Waals surface area contributed by atoms with E-state index in [0.29, 0.717) is 0 Å². The lowest BCUT2D eigenvalue weighted by atomic mass is 9.55. The van der Waals surface area contributed by atoms with E-state index in [1.54, 1.807) is 0 Å². The van der Waals surface area contributed by atoms with E-state index in [9.17, 15) is 0 Å². The van der Waals surface area contributed by atoms with Crippen molar-refractivity contribution in [1.29, 1.82) is 0 Å². The molecule has 16 heavy (non-hydrogen) atoms. The van der Waals surface area contributed by atoms with E-state index < -0.39 is 0 Å². The Balaban J connectivity index is 1.95. The van der Waals surface area contributed by atoms with Gasteiger partial charge in [0.2, 0.25) is 0 Å². The zero-order chi connectivity index (χ0) is 10.8. The van der Waals surface area contributed by atoms with E-state index in [1.807, 2.05) is 18.3 Å². The zero-order valence-corrected chi connectivity index (χ0v) is 8.80. The van der Waals surface area contributed by atoms with Crippen molar-refractivity contribution in [2.45, 2.75) is 0 Å². The number of rotatable bonds is 1. The molecule has 0 aliphatic carbocycles. The summed E-state index contributed by atoms with van der Waals surface area (Å²) in [7, 11) is 0.